The largest absolute Gasteiger partial charge is 0.393 e. The smallest absolute Gasteiger partial charge is 0.0543 e. The second kappa shape index (κ2) is 11.8. The van der Waals surface area contributed by atoms with Gasteiger partial charge in [-0.05, 0) is 26.2 Å². The molecule has 1 unspecified atom stereocenters. The first kappa shape index (κ1) is 14.7. The van der Waals surface area contributed by atoms with Crippen LogP contribution in [-0.2, 0) is 0 Å². The van der Waals surface area contributed by atoms with Gasteiger partial charge in [-0.15, -0.1) is 0 Å². The van der Waals surface area contributed by atoms with Crippen LogP contribution in [0.2, 0.25) is 0 Å². The third kappa shape index (κ3) is 11.6. The summed E-state index contributed by atoms with van der Waals surface area (Å²) in [5.41, 5.74) is 0. The quantitative estimate of drug-likeness (QED) is 0.419. The Hall–Kier alpha value is -0.300. The minimum Gasteiger partial charge on any atom is -0.393 e. The number of hydrogen-bond donors (Lipinski definition) is 1. The molecule has 0 aliphatic rings. The molecule has 1 atom stereocenters. The molecule has 0 aromatic rings. The fraction of sp³-hybridized carbons (Fsp3) is 0.857. The van der Waals surface area contributed by atoms with Crippen LogP contribution in [0.25, 0.3) is 0 Å². The Morgan fingerprint density at radius 1 is 1.00 bits per heavy atom. The second-order valence-corrected chi connectivity index (χ2v) is 4.36. The van der Waals surface area contributed by atoms with Gasteiger partial charge in [-0.2, -0.15) is 0 Å². The van der Waals surface area contributed by atoms with Gasteiger partial charge in [0.05, 0.1) is 6.10 Å². The lowest BCUT2D eigenvalue weighted by Gasteiger charge is -2.08. The molecule has 1 nitrogen and oxygen atoms in total. The van der Waals surface area contributed by atoms with Crippen LogP contribution in [-0.4, -0.2) is 11.2 Å². The normalized spacial score (nSPS) is 13.5. The molecule has 0 aromatic heterocycles. The molecule has 0 rings (SSSR count). The van der Waals surface area contributed by atoms with E-state index in [4.69, 9.17) is 0 Å². The van der Waals surface area contributed by atoms with Crippen LogP contribution >= 0.6 is 0 Å². The topological polar surface area (TPSA) is 20.2 Å². The SMILES string of the molecule is C/C=C/CCC(O)CCCCCCCC. The molecular weight excluding hydrogens is 184 g/mol. The third-order valence-electron chi connectivity index (χ3n) is 2.79. The Kier molecular flexibility index (Phi) is 11.5. The Balaban J connectivity index is 3.12. The summed E-state index contributed by atoms with van der Waals surface area (Å²) in [4.78, 5) is 0. The minimum absolute atomic E-state index is 0.0765. The molecule has 90 valence electrons. The Morgan fingerprint density at radius 3 is 2.33 bits per heavy atom. The maximum Gasteiger partial charge on any atom is 0.0543 e. The van der Waals surface area contributed by atoms with Crippen molar-refractivity contribution in [2.24, 2.45) is 0 Å². The molecule has 0 heterocycles. The summed E-state index contributed by atoms with van der Waals surface area (Å²) in [6.45, 7) is 4.27. The number of hydrogen-bond acceptors (Lipinski definition) is 1. The highest BCUT2D eigenvalue weighted by Gasteiger charge is 2.01. The highest BCUT2D eigenvalue weighted by Crippen LogP contribution is 2.11. The number of unbranched alkanes of at least 4 members (excludes halogenated alkanes) is 5. The van der Waals surface area contributed by atoms with E-state index in [9.17, 15) is 5.11 Å². The van der Waals surface area contributed by atoms with Gasteiger partial charge in [0.25, 0.3) is 0 Å². The van der Waals surface area contributed by atoms with Crippen molar-refractivity contribution in [3.05, 3.63) is 12.2 Å². The van der Waals surface area contributed by atoms with Crippen LogP contribution in [0.15, 0.2) is 12.2 Å². The maximum absolute atomic E-state index is 9.64. The van der Waals surface area contributed by atoms with E-state index in [-0.39, 0.29) is 6.10 Å². The lowest BCUT2D eigenvalue weighted by molar-refractivity contribution is 0.152. The minimum atomic E-state index is -0.0765. The van der Waals surface area contributed by atoms with Gasteiger partial charge >= 0.3 is 0 Å². The third-order valence-corrected chi connectivity index (χ3v) is 2.79. The molecule has 0 bridgehead atoms. The van der Waals surface area contributed by atoms with Crippen molar-refractivity contribution in [3.8, 4) is 0 Å². The summed E-state index contributed by atoms with van der Waals surface area (Å²) >= 11 is 0. The first-order chi connectivity index (χ1) is 7.31. The first-order valence-corrected chi connectivity index (χ1v) is 6.60. The van der Waals surface area contributed by atoms with Crippen molar-refractivity contribution in [1.29, 1.82) is 0 Å². The van der Waals surface area contributed by atoms with E-state index in [0.717, 1.165) is 19.3 Å². The van der Waals surface area contributed by atoms with E-state index in [2.05, 4.69) is 19.1 Å². The molecule has 0 amide bonds. The standard InChI is InChI=1S/C14H28O/c1-3-5-7-8-9-11-13-14(15)12-10-6-4-2/h4,6,14-15H,3,5,7-13H2,1-2H3/b6-4+. The van der Waals surface area contributed by atoms with E-state index in [1.54, 1.807) is 0 Å². The monoisotopic (exact) mass is 212 g/mol. The zero-order valence-electron chi connectivity index (χ0n) is 10.5. The fourth-order valence-corrected chi connectivity index (χ4v) is 1.76. The molecule has 0 saturated heterocycles. The lowest BCUT2D eigenvalue weighted by Crippen LogP contribution is -2.05. The average Bonchev–Trinajstić information content (AvgIpc) is 2.23. The molecule has 0 fully saturated rings. The van der Waals surface area contributed by atoms with Gasteiger partial charge in [0.15, 0.2) is 0 Å². The van der Waals surface area contributed by atoms with Crippen molar-refractivity contribution in [2.75, 3.05) is 0 Å². The van der Waals surface area contributed by atoms with Gasteiger partial charge in [0.2, 0.25) is 0 Å². The number of aliphatic hydroxyl groups excluding tert-OH is 1. The predicted octanol–water partition coefficient (Wildman–Crippen LogP) is 4.45. The zero-order valence-corrected chi connectivity index (χ0v) is 10.5. The Bertz CT molecular complexity index is 140. The summed E-state index contributed by atoms with van der Waals surface area (Å²) in [5, 5.41) is 9.64. The van der Waals surface area contributed by atoms with Crippen LogP contribution < -0.4 is 0 Å². The molecule has 0 aliphatic carbocycles. The van der Waals surface area contributed by atoms with Crippen LogP contribution in [0.4, 0.5) is 0 Å². The van der Waals surface area contributed by atoms with E-state index in [0.29, 0.717) is 0 Å². The zero-order chi connectivity index (χ0) is 11.4. The predicted molar refractivity (Wildman–Crippen MR) is 68.0 cm³/mol. The van der Waals surface area contributed by atoms with E-state index >= 15 is 0 Å². The van der Waals surface area contributed by atoms with Crippen molar-refractivity contribution in [2.45, 2.75) is 77.7 Å². The second-order valence-electron chi connectivity index (χ2n) is 4.36. The van der Waals surface area contributed by atoms with Crippen molar-refractivity contribution in [1.82, 2.24) is 0 Å². The molecule has 1 N–H and O–H groups in total. The summed E-state index contributed by atoms with van der Waals surface area (Å²) < 4.78 is 0. The van der Waals surface area contributed by atoms with E-state index in [1.807, 2.05) is 6.92 Å². The molecule has 15 heavy (non-hydrogen) atoms. The number of aliphatic hydroxyl groups is 1. The van der Waals surface area contributed by atoms with Crippen LogP contribution in [0.5, 0.6) is 0 Å². The summed E-state index contributed by atoms with van der Waals surface area (Å²) in [7, 11) is 0. The number of allylic oxidation sites excluding steroid dienone is 2. The number of rotatable bonds is 10. The molecule has 0 spiro atoms. The van der Waals surface area contributed by atoms with Crippen LogP contribution in [0, 0.1) is 0 Å². The van der Waals surface area contributed by atoms with Gasteiger partial charge in [0, 0.05) is 0 Å². The Morgan fingerprint density at radius 2 is 1.67 bits per heavy atom. The van der Waals surface area contributed by atoms with E-state index < -0.39 is 0 Å². The van der Waals surface area contributed by atoms with Crippen molar-refractivity contribution >= 4 is 0 Å². The average molecular weight is 212 g/mol. The summed E-state index contributed by atoms with van der Waals surface area (Å²) in [6, 6.07) is 0. The fourth-order valence-electron chi connectivity index (χ4n) is 1.76. The molecule has 1 heteroatoms. The summed E-state index contributed by atoms with van der Waals surface area (Å²) in [6.07, 6.45) is 14.9. The molecule has 0 radical (unpaired) electrons. The highest BCUT2D eigenvalue weighted by atomic mass is 16.3. The van der Waals surface area contributed by atoms with Crippen LogP contribution in [0.1, 0.15) is 71.6 Å². The first-order valence-electron chi connectivity index (χ1n) is 6.60. The van der Waals surface area contributed by atoms with Gasteiger partial charge in [-0.3, -0.25) is 0 Å². The molecule has 0 saturated carbocycles. The Labute approximate surface area is 95.6 Å². The molecular formula is C14H28O. The molecule has 0 aromatic carbocycles. The van der Waals surface area contributed by atoms with Crippen LogP contribution in [0.3, 0.4) is 0 Å². The van der Waals surface area contributed by atoms with Crippen molar-refractivity contribution in [3.63, 3.8) is 0 Å². The van der Waals surface area contributed by atoms with Gasteiger partial charge in [-0.1, -0.05) is 57.6 Å². The van der Waals surface area contributed by atoms with Crippen molar-refractivity contribution < 1.29 is 5.11 Å². The van der Waals surface area contributed by atoms with Gasteiger partial charge in [-0.25, -0.2) is 0 Å². The lowest BCUT2D eigenvalue weighted by atomic mass is 10.0. The van der Waals surface area contributed by atoms with Gasteiger partial charge < -0.3 is 5.11 Å². The summed E-state index contributed by atoms with van der Waals surface area (Å²) in [5.74, 6) is 0. The molecule has 0 aliphatic heterocycles. The van der Waals surface area contributed by atoms with E-state index in [1.165, 1.54) is 38.5 Å². The maximum atomic E-state index is 9.64. The highest BCUT2D eigenvalue weighted by molar-refractivity contribution is 4.77. The van der Waals surface area contributed by atoms with Gasteiger partial charge in [0.1, 0.15) is 0 Å².